The molecule has 1 aliphatic rings. The number of halogens is 2. The van der Waals surface area contributed by atoms with Crippen molar-refractivity contribution in [3.8, 4) is 0 Å². The Balaban J connectivity index is 1.57. The van der Waals surface area contributed by atoms with Crippen LogP contribution in [-0.4, -0.2) is 66.4 Å². The summed E-state index contributed by atoms with van der Waals surface area (Å²) in [5.74, 6) is -0.187. The van der Waals surface area contributed by atoms with Crippen LogP contribution in [0.4, 0.5) is 10.8 Å². The molecule has 30 heavy (non-hydrogen) atoms. The van der Waals surface area contributed by atoms with Gasteiger partial charge in [-0.25, -0.2) is 4.98 Å². The molecule has 1 fully saturated rings. The molecule has 7 nitrogen and oxygen atoms in total. The first-order valence-corrected chi connectivity index (χ1v) is 11.4. The van der Waals surface area contributed by atoms with Gasteiger partial charge in [-0.3, -0.25) is 9.59 Å². The van der Waals surface area contributed by atoms with Crippen LogP contribution in [0.1, 0.15) is 29.8 Å². The molecular weight excluding hydrogens is 445 g/mol. The zero-order chi connectivity index (χ0) is 21.7. The van der Waals surface area contributed by atoms with E-state index in [4.69, 9.17) is 23.2 Å². The van der Waals surface area contributed by atoms with Gasteiger partial charge in [0.25, 0.3) is 5.91 Å². The summed E-state index contributed by atoms with van der Waals surface area (Å²) in [5.41, 5.74) is 1.12. The quantitative estimate of drug-likeness (QED) is 0.552. The number of rotatable bonds is 10. The minimum Gasteiger partial charge on any atom is -0.355 e. The van der Waals surface area contributed by atoms with Crippen molar-refractivity contribution in [1.29, 1.82) is 0 Å². The molecule has 162 valence electrons. The standard InChI is InChI=1S/C20H25Cl2N5O2S/c1-26(2)10-8-23-18(28)7-9-27(14-4-5-14)19(29)17-12-30-20(25-17)24-13-3-6-15(21)16(22)11-13/h3,6,11-12,14H,4-5,7-10H2,1-2H3,(H,23,28)(H,24,25). The Morgan fingerprint density at radius 1 is 1.20 bits per heavy atom. The third-order valence-corrected chi connectivity index (χ3v) is 6.10. The molecule has 3 rings (SSSR count). The number of carbonyl (C=O) groups is 2. The van der Waals surface area contributed by atoms with Crippen molar-refractivity contribution in [2.24, 2.45) is 0 Å². The summed E-state index contributed by atoms with van der Waals surface area (Å²) in [6.07, 6.45) is 2.22. The second-order valence-electron chi connectivity index (χ2n) is 7.42. The molecule has 2 amide bonds. The van der Waals surface area contributed by atoms with E-state index in [0.717, 1.165) is 25.1 Å². The zero-order valence-corrected chi connectivity index (χ0v) is 19.3. The van der Waals surface area contributed by atoms with Gasteiger partial charge in [0.1, 0.15) is 5.69 Å². The first-order chi connectivity index (χ1) is 14.3. The number of aromatic nitrogens is 1. The Labute approximate surface area is 190 Å². The Bertz CT molecular complexity index is 901. The monoisotopic (exact) mass is 469 g/mol. The fourth-order valence-electron chi connectivity index (χ4n) is 2.84. The summed E-state index contributed by atoms with van der Waals surface area (Å²) in [5, 5.41) is 9.26. The average Bonchev–Trinajstić information content (AvgIpc) is 3.42. The number of nitrogens with one attached hydrogen (secondary N) is 2. The van der Waals surface area contributed by atoms with Gasteiger partial charge in [0.15, 0.2) is 5.13 Å². The maximum Gasteiger partial charge on any atom is 0.273 e. The van der Waals surface area contributed by atoms with Gasteiger partial charge in [-0.15, -0.1) is 11.3 Å². The minimum atomic E-state index is -0.142. The SMILES string of the molecule is CN(C)CCNC(=O)CCN(C(=O)c1csc(Nc2ccc(Cl)c(Cl)c2)n1)C1CC1. The molecule has 1 aliphatic carbocycles. The summed E-state index contributed by atoms with van der Waals surface area (Å²) < 4.78 is 0. The lowest BCUT2D eigenvalue weighted by atomic mass is 10.3. The van der Waals surface area contributed by atoms with E-state index in [2.05, 4.69) is 15.6 Å². The van der Waals surface area contributed by atoms with Crippen molar-refractivity contribution in [3.05, 3.63) is 39.3 Å². The van der Waals surface area contributed by atoms with Crippen molar-refractivity contribution in [1.82, 2.24) is 20.1 Å². The summed E-state index contributed by atoms with van der Waals surface area (Å²) in [4.78, 5) is 33.2. The molecule has 0 spiro atoms. The van der Waals surface area contributed by atoms with Crippen LogP contribution in [0, 0.1) is 0 Å². The first-order valence-electron chi connectivity index (χ1n) is 9.73. The number of amides is 2. The molecule has 0 saturated heterocycles. The number of likely N-dealkylation sites (N-methyl/N-ethyl adjacent to an activating group) is 1. The van der Waals surface area contributed by atoms with E-state index in [1.54, 1.807) is 28.5 Å². The third kappa shape index (κ3) is 6.57. The smallest absolute Gasteiger partial charge is 0.273 e. The molecule has 1 saturated carbocycles. The van der Waals surface area contributed by atoms with E-state index >= 15 is 0 Å². The van der Waals surface area contributed by atoms with E-state index in [1.165, 1.54) is 11.3 Å². The maximum atomic E-state index is 13.0. The molecule has 0 bridgehead atoms. The molecule has 2 aromatic rings. The number of hydrogen-bond donors (Lipinski definition) is 2. The fraction of sp³-hybridized carbons (Fsp3) is 0.450. The van der Waals surface area contributed by atoms with E-state index in [-0.39, 0.29) is 24.3 Å². The van der Waals surface area contributed by atoms with Crippen LogP contribution in [0.25, 0.3) is 0 Å². The third-order valence-electron chi connectivity index (χ3n) is 4.60. The molecule has 0 unspecified atom stereocenters. The lowest BCUT2D eigenvalue weighted by Gasteiger charge is -2.21. The molecular formula is C20H25Cl2N5O2S. The number of thiazole rings is 1. The topological polar surface area (TPSA) is 77.6 Å². The molecule has 1 aromatic heterocycles. The van der Waals surface area contributed by atoms with Crippen molar-refractivity contribution in [2.45, 2.75) is 25.3 Å². The van der Waals surface area contributed by atoms with Crippen LogP contribution in [0.2, 0.25) is 10.0 Å². The van der Waals surface area contributed by atoms with Gasteiger partial charge in [-0.05, 0) is 45.1 Å². The maximum absolute atomic E-state index is 13.0. The van der Waals surface area contributed by atoms with Crippen molar-refractivity contribution >= 4 is 57.2 Å². The second-order valence-corrected chi connectivity index (χ2v) is 9.10. The molecule has 1 heterocycles. The van der Waals surface area contributed by atoms with Crippen LogP contribution in [0.15, 0.2) is 23.6 Å². The van der Waals surface area contributed by atoms with Gasteiger partial charge in [0, 0.05) is 43.2 Å². The highest BCUT2D eigenvalue weighted by atomic mass is 35.5. The number of carbonyl (C=O) groups excluding carboxylic acids is 2. The largest absolute Gasteiger partial charge is 0.355 e. The molecule has 10 heteroatoms. The van der Waals surface area contributed by atoms with Gasteiger partial charge in [0.2, 0.25) is 5.91 Å². The second kappa shape index (κ2) is 10.4. The van der Waals surface area contributed by atoms with Gasteiger partial charge < -0.3 is 20.4 Å². The zero-order valence-electron chi connectivity index (χ0n) is 17.0. The molecule has 0 aliphatic heterocycles. The summed E-state index contributed by atoms with van der Waals surface area (Å²) in [6, 6.07) is 5.39. The number of benzene rings is 1. The Hall–Kier alpha value is -1.87. The lowest BCUT2D eigenvalue weighted by molar-refractivity contribution is -0.121. The van der Waals surface area contributed by atoms with Gasteiger partial charge >= 0.3 is 0 Å². The van der Waals surface area contributed by atoms with E-state index in [1.807, 2.05) is 19.0 Å². The van der Waals surface area contributed by atoms with E-state index < -0.39 is 0 Å². The average molecular weight is 470 g/mol. The van der Waals surface area contributed by atoms with Gasteiger partial charge in [-0.2, -0.15) is 0 Å². The van der Waals surface area contributed by atoms with Crippen LogP contribution >= 0.6 is 34.5 Å². The van der Waals surface area contributed by atoms with Crippen LogP contribution in [0.5, 0.6) is 0 Å². The number of anilines is 2. The Morgan fingerprint density at radius 2 is 1.97 bits per heavy atom. The highest BCUT2D eigenvalue weighted by Gasteiger charge is 2.34. The summed E-state index contributed by atoms with van der Waals surface area (Å²) in [7, 11) is 3.91. The molecule has 1 aromatic carbocycles. The Kier molecular flexibility index (Phi) is 7.93. The first kappa shape index (κ1) is 22.8. The van der Waals surface area contributed by atoms with Crippen molar-refractivity contribution < 1.29 is 9.59 Å². The normalized spacial score (nSPS) is 13.4. The fourth-order valence-corrected chi connectivity index (χ4v) is 3.84. The van der Waals surface area contributed by atoms with Crippen molar-refractivity contribution in [3.63, 3.8) is 0 Å². The predicted octanol–water partition coefficient (Wildman–Crippen LogP) is 3.87. The number of nitrogens with zero attached hydrogens (tertiary/aromatic N) is 3. The highest BCUT2D eigenvalue weighted by Crippen LogP contribution is 2.31. The van der Waals surface area contributed by atoms with Crippen LogP contribution in [-0.2, 0) is 4.79 Å². The minimum absolute atomic E-state index is 0.0458. The summed E-state index contributed by atoms with van der Waals surface area (Å²) in [6.45, 7) is 1.77. The lowest BCUT2D eigenvalue weighted by Crippen LogP contribution is -2.38. The predicted molar refractivity (Wildman–Crippen MR) is 122 cm³/mol. The van der Waals surface area contributed by atoms with Gasteiger partial charge in [-0.1, -0.05) is 23.2 Å². The van der Waals surface area contributed by atoms with E-state index in [0.29, 0.717) is 34.0 Å². The molecule has 0 atom stereocenters. The summed E-state index contributed by atoms with van der Waals surface area (Å²) >= 11 is 13.3. The Morgan fingerprint density at radius 3 is 2.63 bits per heavy atom. The van der Waals surface area contributed by atoms with Crippen LogP contribution < -0.4 is 10.6 Å². The van der Waals surface area contributed by atoms with Gasteiger partial charge in [0.05, 0.1) is 10.0 Å². The molecule has 2 N–H and O–H groups in total. The molecule has 0 radical (unpaired) electrons. The highest BCUT2D eigenvalue weighted by molar-refractivity contribution is 7.14. The van der Waals surface area contributed by atoms with Crippen molar-refractivity contribution in [2.75, 3.05) is 39.0 Å². The van der Waals surface area contributed by atoms with E-state index in [9.17, 15) is 9.59 Å². The number of hydrogen-bond acceptors (Lipinski definition) is 6. The van der Waals surface area contributed by atoms with Crippen LogP contribution in [0.3, 0.4) is 0 Å².